The summed E-state index contributed by atoms with van der Waals surface area (Å²) in [5.74, 6) is 0.538. The Morgan fingerprint density at radius 1 is 1.42 bits per heavy atom. The fourth-order valence-corrected chi connectivity index (χ4v) is 2.47. The lowest BCUT2D eigenvalue weighted by Crippen LogP contribution is -2.40. The van der Waals surface area contributed by atoms with Crippen LogP contribution >= 0.6 is 0 Å². The Bertz CT molecular complexity index is 416. The van der Waals surface area contributed by atoms with Gasteiger partial charge in [-0.05, 0) is 30.7 Å². The van der Waals surface area contributed by atoms with Crippen LogP contribution in [-0.2, 0) is 11.3 Å². The van der Waals surface area contributed by atoms with E-state index in [1.807, 2.05) is 41.3 Å². The Morgan fingerprint density at radius 3 is 2.95 bits per heavy atom. The summed E-state index contributed by atoms with van der Waals surface area (Å²) in [6.45, 7) is 5.71. The first-order valence-corrected chi connectivity index (χ1v) is 6.86. The van der Waals surface area contributed by atoms with E-state index < -0.39 is 0 Å². The quantitative estimate of drug-likeness (QED) is 0.773. The van der Waals surface area contributed by atoms with E-state index in [9.17, 15) is 4.79 Å². The molecule has 19 heavy (non-hydrogen) atoms. The zero-order chi connectivity index (χ0) is 13.5. The Balaban J connectivity index is 1.81. The van der Waals surface area contributed by atoms with E-state index in [0.717, 1.165) is 31.5 Å². The fraction of sp³-hybridized carbons (Fsp3) is 0.438. The van der Waals surface area contributed by atoms with Crippen molar-refractivity contribution in [2.24, 2.45) is 5.92 Å². The zero-order valence-electron chi connectivity index (χ0n) is 11.3. The number of rotatable bonds is 4. The number of benzene rings is 1. The van der Waals surface area contributed by atoms with Crippen molar-refractivity contribution in [2.45, 2.75) is 25.9 Å². The molecule has 102 valence electrons. The first kappa shape index (κ1) is 13.7. The van der Waals surface area contributed by atoms with Gasteiger partial charge in [-0.2, -0.15) is 0 Å². The third-order valence-corrected chi connectivity index (χ3v) is 3.48. The van der Waals surface area contributed by atoms with Gasteiger partial charge in [0.1, 0.15) is 6.61 Å². The summed E-state index contributed by atoms with van der Waals surface area (Å²) in [4.78, 5) is 13.8. The molecule has 1 saturated heterocycles. The minimum absolute atomic E-state index is 0.197. The Labute approximate surface area is 114 Å². The molecular weight excluding hydrogens is 238 g/mol. The summed E-state index contributed by atoms with van der Waals surface area (Å²) in [7, 11) is 0. The summed E-state index contributed by atoms with van der Waals surface area (Å²) in [5, 5.41) is 0. The lowest BCUT2D eigenvalue weighted by Gasteiger charge is -2.31. The first-order chi connectivity index (χ1) is 9.29. The van der Waals surface area contributed by atoms with E-state index in [-0.39, 0.29) is 6.09 Å². The molecule has 1 amide bonds. The topological polar surface area (TPSA) is 29.5 Å². The minimum atomic E-state index is -0.197. The molecule has 0 spiro atoms. The molecule has 1 aliphatic rings. The smallest absolute Gasteiger partial charge is 0.410 e. The van der Waals surface area contributed by atoms with Crippen molar-refractivity contribution in [3.63, 3.8) is 0 Å². The summed E-state index contributed by atoms with van der Waals surface area (Å²) in [6.07, 6.45) is 4.94. The van der Waals surface area contributed by atoms with Crippen molar-refractivity contribution in [1.82, 2.24) is 4.90 Å². The van der Waals surface area contributed by atoms with E-state index in [2.05, 4.69) is 6.58 Å². The number of hydrogen-bond donors (Lipinski definition) is 0. The monoisotopic (exact) mass is 259 g/mol. The van der Waals surface area contributed by atoms with Gasteiger partial charge in [0.25, 0.3) is 0 Å². The lowest BCUT2D eigenvalue weighted by molar-refractivity contribution is 0.0794. The number of hydrogen-bond acceptors (Lipinski definition) is 2. The normalized spacial score (nSPS) is 18.9. The molecule has 1 aromatic carbocycles. The van der Waals surface area contributed by atoms with Gasteiger partial charge in [-0.25, -0.2) is 4.79 Å². The zero-order valence-corrected chi connectivity index (χ0v) is 11.3. The highest BCUT2D eigenvalue weighted by Gasteiger charge is 2.23. The van der Waals surface area contributed by atoms with Crippen LogP contribution in [0.2, 0.25) is 0 Å². The van der Waals surface area contributed by atoms with Gasteiger partial charge in [-0.3, -0.25) is 0 Å². The van der Waals surface area contributed by atoms with Crippen molar-refractivity contribution in [2.75, 3.05) is 13.1 Å². The minimum Gasteiger partial charge on any atom is -0.445 e. The number of carbonyl (C=O) groups excluding carboxylic acids is 1. The SMILES string of the molecule is C=CCC1CCCN(C(=O)OCc2ccccc2)C1. The standard InChI is InChI=1S/C16H21NO2/c1-2-7-14-10-6-11-17(12-14)16(18)19-13-15-8-4-3-5-9-15/h2-5,8-9,14H,1,6-7,10-13H2. The maximum absolute atomic E-state index is 12.0. The number of nitrogens with zero attached hydrogens (tertiary/aromatic N) is 1. The molecular formula is C16H21NO2. The molecule has 0 radical (unpaired) electrons. The highest BCUT2D eigenvalue weighted by molar-refractivity contribution is 5.67. The third kappa shape index (κ3) is 4.12. The molecule has 0 bridgehead atoms. The van der Waals surface area contributed by atoms with Gasteiger partial charge in [0.2, 0.25) is 0 Å². The van der Waals surface area contributed by atoms with Gasteiger partial charge < -0.3 is 9.64 Å². The molecule has 0 aliphatic carbocycles. The van der Waals surface area contributed by atoms with Crippen molar-refractivity contribution in [3.05, 3.63) is 48.6 Å². The van der Waals surface area contributed by atoms with E-state index >= 15 is 0 Å². The van der Waals surface area contributed by atoms with E-state index in [0.29, 0.717) is 12.5 Å². The summed E-state index contributed by atoms with van der Waals surface area (Å²) in [5.41, 5.74) is 1.02. The molecule has 1 atom stereocenters. The number of carbonyl (C=O) groups is 1. The first-order valence-electron chi connectivity index (χ1n) is 6.86. The second kappa shape index (κ2) is 6.98. The molecule has 1 heterocycles. The predicted octanol–water partition coefficient (Wildman–Crippen LogP) is 3.61. The van der Waals surface area contributed by atoms with Crippen molar-refractivity contribution >= 4 is 6.09 Å². The van der Waals surface area contributed by atoms with Crippen molar-refractivity contribution in [3.8, 4) is 0 Å². The molecule has 1 unspecified atom stereocenters. The third-order valence-electron chi connectivity index (χ3n) is 3.48. The van der Waals surface area contributed by atoms with Gasteiger partial charge >= 0.3 is 6.09 Å². The van der Waals surface area contributed by atoms with Crippen molar-refractivity contribution < 1.29 is 9.53 Å². The average Bonchev–Trinajstić information content (AvgIpc) is 2.46. The number of piperidine rings is 1. The predicted molar refractivity (Wildman–Crippen MR) is 75.7 cm³/mol. The van der Waals surface area contributed by atoms with Crippen LogP contribution in [0.5, 0.6) is 0 Å². The van der Waals surface area contributed by atoms with E-state index in [1.54, 1.807) is 0 Å². The maximum atomic E-state index is 12.0. The van der Waals surface area contributed by atoms with Crippen LogP contribution in [-0.4, -0.2) is 24.1 Å². The molecule has 0 N–H and O–H groups in total. The van der Waals surface area contributed by atoms with Crippen LogP contribution in [0.4, 0.5) is 4.79 Å². The highest BCUT2D eigenvalue weighted by atomic mass is 16.6. The molecule has 1 fully saturated rings. The molecule has 0 aromatic heterocycles. The summed E-state index contributed by atoms with van der Waals surface area (Å²) < 4.78 is 5.36. The van der Waals surface area contributed by atoms with Crippen LogP contribution in [0.3, 0.4) is 0 Å². The second-order valence-corrected chi connectivity index (χ2v) is 5.02. The largest absolute Gasteiger partial charge is 0.445 e. The molecule has 2 rings (SSSR count). The number of allylic oxidation sites excluding steroid dienone is 1. The van der Waals surface area contributed by atoms with E-state index in [1.165, 1.54) is 6.42 Å². The van der Waals surface area contributed by atoms with Gasteiger partial charge in [-0.15, -0.1) is 6.58 Å². The summed E-state index contributed by atoms with van der Waals surface area (Å²) in [6, 6.07) is 9.78. The van der Waals surface area contributed by atoms with Crippen LogP contribution in [0.1, 0.15) is 24.8 Å². The number of amides is 1. The highest BCUT2D eigenvalue weighted by Crippen LogP contribution is 2.20. The fourth-order valence-electron chi connectivity index (χ4n) is 2.47. The molecule has 1 aliphatic heterocycles. The van der Waals surface area contributed by atoms with Gasteiger partial charge in [0.05, 0.1) is 0 Å². The van der Waals surface area contributed by atoms with Gasteiger partial charge in [0, 0.05) is 13.1 Å². The van der Waals surface area contributed by atoms with Gasteiger partial charge in [-0.1, -0.05) is 36.4 Å². The van der Waals surface area contributed by atoms with Gasteiger partial charge in [0.15, 0.2) is 0 Å². The molecule has 1 aromatic rings. The van der Waals surface area contributed by atoms with Crippen LogP contribution in [0.15, 0.2) is 43.0 Å². The lowest BCUT2D eigenvalue weighted by atomic mass is 9.95. The number of ether oxygens (including phenoxy) is 1. The van der Waals surface area contributed by atoms with E-state index in [4.69, 9.17) is 4.74 Å². The average molecular weight is 259 g/mol. The Kier molecular flexibility index (Phi) is 5.01. The van der Waals surface area contributed by atoms with Crippen LogP contribution < -0.4 is 0 Å². The van der Waals surface area contributed by atoms with Crippen molar-refractivity contribution in [1.29, 1.82) is 0 Å². The number of likely N-dealkylation sites (tertiary alicyclic amines) is 1. The summed E-state index contributed by atoms with van der Waals surface area (Å²) >= 11 is 0. The second-order valence-electron chi connectivity index (χ2n) is 5.02. The van der Waals surface area contributed by atoms with Crippen LogP contribution in [0, 0.1) is 5.92 Å². The molecule has 3 nitrogen and oxygen atoms in total. The Morgan fingerprint density at radius 2 is 2.21 bits per heavy atom. The Hall–Kier alpha value is -1.77. The molecule has 3 heteroatoms. The molecule has 0 saturated carbocycles. The van der Waals surface area contributed by atoms with Crippen LogP contribution in [0.25, 0.3) is 0 Å². The maximum Gasteiger partial charge on any atom is 0.410 e.